The Kier molecular flexibility index (Phi) is 12.1. The number of amides is 4. The van der Waals surface area contributed by atoms with Crippen molar-refractivity contribution in [3.8, 4) is 22.8 Å². The van der Waals surface area contributed by atoms with Crippen molar-refractivity contribution < 1.29 is 41.8 Å². The van der Waals surface area contributed by atoms with E-state index in [1.165, 1.54) is 17.9 Å². The number of nitrogens with one attached hydrogen (secondary N) is 3. The average molecular weight is 861 g/mol. The van der Waals surface area contributed by atoms with Crippen molar-refractivity contribution in [3.05, 3.63) is 78.0 Å². The van der Waals surface area contributed by atoms with Crippen LogP contribution in [-0.4, -0.2) is 90.1 Å². The Morgan fingerprint density at radius 1 is 1.02 bits per heavy atom. The van der Waals surface area contributed by atoms with Gasteiger partial charge in [-0.1, -0.05) is 57.2 Å². The summed E-state index contributed by atoms with van der Waals surface area (Å²) in [5, 5.41) is 6.70. The van der Waals surface area contributed by atoms with Crippen LogP contribution in [0.4, 0.5) is 4.79 Å². The largest absolute Gasteiger partial charge is 0.497 e. The smallest absolute Gasteiger partial charge is 0.408 e. The zero-order valence-corrected chi connectivity index (χ0v) is 36.9. The maximum Gasteiger partial charge on any atom is 0.408 e. The average Bonchev–Trinajstić information content (AvgIpc) is 3.53. The summed E-state index contributed by atoms with van der Waals surface area (Å²) >= 11 is 0.924. The molecule has 1 saturated heterocycles. The van der Waals surface area contributed by atoms with Crippen molar-refractivity contribution in [2.75, 3.05) is 13.7 Å². The first kappa shape index (κ1) is 44.0. The molecule has 4 aromatic rings. The van der Waals surface area contributed by atoms with Crippen molar-refractivity contribution in [1.82, 2.24) is 30.2 Å². The highest BCUT2D eigenvalue weighted by Crippen LogP contribution is 2.45. The highest BCUT2D eigenvalue weighted by atomic mass is 32.2. The van der Waals surface area contributed by atoms with Crippen LogP contribution in [0.3, 0.4) is 0 Å². The van der Waals surface area contributed by atoms with Gasteiger partial charge < -0.3 is 29.7 Å². The highest BCUT2D eigenvalue weighted by molar-refractivity contribution is 7.92. The number of aromatic nitrogens is 2. The standard InChI is InChI=1S/C43H52N6O9S2/c1-11-27-22-43(27,39(52)48-60(54,55)38-24(2)44-25(3)59-38)47-36(50)33-20-29(23-49(33)37(51)35(41(4,5)6)46-40(53)58-42(7,8)9)57-34-21-31(26-15-13-12-14-16-26)45-32-19-28(56-10)17-18-30(32)34/h11-19,21,27,29,33,35H,1,20,22-23H2,2-10H3,(H,46,53)(H,47,50)(H,48,52)/t27?,29-,33+,35-,43-/m1/s1. The summed E-state index contributed by atoms with van der Waals surface area (Å²) in [6.45, 7) is 17.4. The van der Waals surface area contributed by atoms with Crippen molar-refractivity contribution in [2.45, 2.75) is 102 Å². The summed E-state index contributed by atoms with van der Waals surface area (Å²) in [5.74, 6) is -1.81. The van der Waals surface area contributed by atoms with E-state index in [1.807, 2.05) is 36.4 Å². The van der Waals surface area contributed by atoms with Gasteiger partial charge in [0.25, 0.3) is 15.9 Å². The van der Waals surface area contributed by atoms with Gasteiger partial charge in [0.2, 0.25) is 11.8 Å². The van der Waals surface area contributed by atoms with Gasteiger partial charge in [-0.15, -0.1) is 17.9 Å². The Bertz CT molecular complexity index is 2440. The van der Waals surface area contributed by atoms with Crippen LogP contribution in [0.25, 0.3) is 22.2 Å². The molecule has 0 spiro atoms. The molecule has 1 aliphatic carbocycles. The molecule has 0 bridgehead atoms. The second-order valence-corrected chi connectivity index (χ2v) is 20.3. The van der Waals surface area contributed by atoms with Gasteiger partial charge in [0.05, 0.1) is 35.6 Å². The molecule has 0 radical (unpaired) electrons. The topological polar surface area (TPSA) is 195 Å². The molecule has 15 nitrogen and oxygen atoms in total. The molecule has 1 aliphatic heterocycles. The molecule has 4 amide bonds. The Labute approximate surface area is 354 Å². The van der Waals surface area contributed by atoms with Gasteiger partial charge in [0.15, 0.2) is 4.21 Å². The summed E-state index contributed by atoms with van der Waals surface area (Å²) in [6.07, 6.45) is -0.0435. The van der Waals surface area contributed by atoms with Crippen LogP contribution in [-0.2, 0) is 29.1 Å². The molecule has 6 rings (SSSR count). The third kappa shape index (κ3) is 9.41. The van der Waals surface area contributed by atoms with Gasteiger partial charge in [-0.25, -0.2) is 27.9 Å². The first-order chi connectivity index (χ1) is 28.0. The van der Waals surface area contributed by atoms with Gasteiger partial charge in [-0.3, -0.25) is 14.4 Å². The molecule has 320 valence electrons. The maximum absolute atomic E-state index is 14.8. The van der Waals surface area contributed by atoms with Crippen LogP contribution in [0.2, 0.25) is 0 Å². The van der Waals surface area contributed by atoms with Gasteiger partial charge in [0.1, 0.15) is 40.8 Å². The van der Waals surface area contributed by atoms with E-state index < -0.39 is 74.5 Å². The van der Waals surface area contributed by atoms with Crippen LogP contribution >= 0.6 is 11.3 Å². The minimum Gasteiger partial charge on any atom is -0.497 e. The number of likely N-dealkylation sites (tertiary alicyclic amines) is 1. The number of nitrogens with zero attached hydrogens (tertiary/aromatic N) is 3. The molecule has 1 saturated carbocycles. The fraction of sp³-hybridized carbons (Fsp3) is 0.442. The number of benzene rings is 2. The number of carbonyl (C=O) groups is 4. The van der Waals surface area contributed by atoms with Crippen molar-refractivity contribution in [2.24, 2.45) is 11.3 Å². The number of aryl methyl sites for hydroxylation is 2. The summed E-state index contributed by atoms with van der Waals surface area (Å²) in [6, 6.07) is 14.4. The quantitative estimate of drug-likeness (QED) is 0.145. The first-order valence-electron chi connectivity index (χ1n) is 19.5. The van der Waals surface area contributed by atoms with Crippen LogP contribution in [0, 0.1) is 25.2 Å². The van der Waals surface area contributed by atoms with E-state index in [2.05, 4.69) is 26.9 Å². The normalized spacial score (nSPS) is 20.8. The third-order valence-electron chi connectivity index (χ3n) is 10.3. The molecule has 17 heteroatoms. The summed E-state index contributed by atoms with van der Waals surface area (Å²) in [7, 11) is -2.78. The van der Waals surface area contributed by atoms with Gasteiger partial charge in [-0.2, -0.15) is 0 Å². The van der Waals surface area contributed by atoms with Gasteiger partial charge in [-0.05, 0) is 58.6 Å². The Balaban J connectivity index is 1.35. The molecule has 2 aromatic heterocycles. The lowest BCUT2D eigenvalue weighted by Crippen LogP contribution is -2.60. The van der Waals surface area contributed by atoms with E-state index in [0.717, 1.165) is 16.9 Å². The molecule has 2 fully saturated rings. The minimum atomic E-state index is -4.34. The van der Waals surface area contributed by atoms with E-state index in [-0.39, 0.29) is 29.3 Å². The number of methoxy groups -OCH3 is 1. The predicted octanol–water partition coefficient (Wildman–Crippen LogP) is 5.84. The second kappa shape index (κ2) is 16.5. The fourth-order valence-corrected chi connectivity index (χ4v) is 9.83. The van der Waals surface area contributed by atoms with E-state index in [4.69, 9.17) is 19.2 Å². The number of carbonyl (C=O) groups excluding carboxylic acids is 4. The number of fused-ring (bicyclic) bond motifs is 1. The van der Waals surface area contributed by atoms with Gasteiger partial charge >= 0.3 is 6.09 Å². The fourth-order valence-electron chi connectivity index (χ4n) is 7.31. The number of ether oxygens (including phenoxy) is 3. The van der Waals surface area contributed by atoms with E-state index in [0.29, 0.717) is 33.1 Å². The second-order valence-electron chi connectivity index (χ2n) is 17.2. The Hall–Kier alpha value is -5.55. The molecule has 5 atom stereocenters. The molecule has 3 heterocycles. The zero-order chi connectivity index (χ0) is 43.9. The summed E-state index contributed by atoms with van der Waals surface area (Å²) in [4.78, 5) is 66.8. The van der Waals surface area contributed by atoms with Crippen molar-refractivity contribution >= 4 is 56.1 Å². The van der Waals surface area contributed by atoms with E-state index >= 15 is 0 Å². The summed E-state index contributed by atoms with van der Waals surface area (Å²) < 4.78 is 46.6. The minimum absolute atomic E-state index is 0.0182. The zero-order valence-electron chi connectivity index (χ0n) is 35.2. The van der Waals surface area contributed by atoms with Crippen LogP contribution in [0.15, 0.2) is 71.5 Å². The maximum atomic E-state index is 14.8. The van der Waals surface area contributed by atoms with Gasteiger partial charge in [0, 0.05) is 35.4 Å². The third-order valence-corrected chi connectivity index (χ3v) is 13.4. The molecule has 3 N–H and O–H groups in total. The molecule has 2 aliphatic rings. The molecular formula is C43H52N6O9S2. The van der Waals surface area contributed by atoms with E-state index in [1.54, 1.807) is 73.8 Å². The van der Waals surface area contributed by atoms with Crippen LogP contribution in [0.1, 0.15) is 65.1 Å². The number of alkyl carbamates (subject to hydrolysis) is 1. The molecule has 2 aromatic carbocycles. The molecule has 1 unspecified atom stereocenters. The molecular weight excluding hydrogens is 809 g/mol. The molecule has 60 heavy (non-hydrogen) atoms. The number of pyridine rings is 1. The monoisotopic (exact) mass is 860 g/mol. The lowest BCUT2D eigenvalue weighted by molar-refractivity contribution is -0.143. The number of rotatable bonds is 12. The highest BCUT2D eigenvalue weighted by Gasteiger charge is 2.61. The Morgan fingerprint density at radius 2 is 1.72 bits per heavy atom. The van der Waals surface area contributed by atoms with Crippen molar-refractivity contribution in [1.29, 1.82) is 0 Å². The van der Waals surface area contributed by atoms with E-state index in [9.17, 15) is 27.6 Å². The lowest BCUT2D eigenvalue weighted by atomic mass is 9.85. The van der Waals surface area contributed by atoms with Crippen LogP contribution in [0.5, 0.6) is 11.5 Å². The predicted molar refractivity (Wildman–Crippen MR) is 227 cm³/mol. The van der Waals surface area contributed by atoms with Crippen LogP contribution < -0.4 is 24.8 Å². The number of hydrogen-bond acceptors (Lipinski definition) is 12. The first-order valence-corrected chi connectivity index (χ1v) is 21.8. The van der Waals surface area contributed by atoms with Crippen molar-refractivity contribution in [3.63, 3.8) is 0 Å². The number of thiazole rings is 1. The SMILES string of the molecule is C=CC1C[C@]1(NC(=O)[C@@H]1C[C@@H](Oc2cc(-c3ccccc3)nc3cc(OC)ccc23)CN1C(=O)[C@@H](NC(=O)OC(C)(C)C)C(C)(C)C)C(=O)NS(=O)(=O)c1sc(C)nc1C. The lowest BCUT2D eigenvalue weighted by Gasteiger charge is -2.36. The number of sulfonamides is 1. The Morgan fingerprint density at radius 3 is 2.30 bits per heavy atom. The summed E-state index contributed by atoms with van der Waals surface area (Å²) in [5.41, 5.74) is -1.09. The number of hydrogen-bond donors (Lipinski definition) is 3.